The first kappa shape index (κ1) is 49.0. The Morgan fingerprint density at radius 1 is 1.00 bits per heavy atom. The zero-order chi connectivity index (χ0) is 44.5. The maximum atomic E-state index is 12.8. The number of fused-ring (bicyclic) bond motifs is 1. The van der Waals surface area contributed by atoms with Crippen molar-refractivity contribution in [2.75, 3.05) is 13.1 Å². The molecular weight excluding hydrogens is 769 g/mol. The van der Waals surface area contributed by atoms with E-state index < -0.39 is 65.8 Å². The number of aliphatic hydroxyl groups excluding tert-OH is 8. The molecule has 14 unspecified atom stereocenters. The van der Waals surface area contributed by atoms with Crippen molar-refractivity contribution in [1.29, 1.82) is 5.41 Å². The Hall–Kier alpha value is -3.63. The highest BCUT2D eigenvalue weighted by atomic mass is 16.3. The number of nitrogens with two attached hydrogens (primary N) is 1. The Bertz CT molecular complexity index is 1670. The molecule has 2 heterocycles. The standard InChI is InChI=1S/C46H72N4O10/c1-26(37(54)13-7-11-31(51)10-6-12-33(53)24-30-9-8-22-50(30)45(47)48)14-17-32(52)18-15-27(2)41(57)28(3)16-19-35-29(4)23-34-36(20-21-38(55)42(34)58)46(35,5)43(59)40-39(56)25-49-44(40)60/h6-7,10,13-15,17,23,26,28,30-38,41-42,51-55,57-59H,8-9,11-12,16,18-22,24-25H2,1-5H3,(H3,47,48)(H,49,60)/b10-6+,13-7+,17-14+,27-15+,43-40-. The lowest BCUT2D eigenvalue weighted by molar-refractivity contribution is -0.118. The number of amides is 1. The van der Waals surface area contributed by atoms with Gasteiger partial charge in [0, 0.05) is 29.8 Å². The first-order valence-corrected chi connectivity index (χ1v) is 21.8. The summed E-state index contributed by atoms with van der Waals surface area (Å²) >= 11 is 0. The van der Waals surface area contributed by atoms with Crippen molar-refractivity contribution >= 4 is 17.6 Å². The molecule has 12 N–H and O–H groups in total. The number of carbonyl (C=O) groups excluding carboxylic acids is 2. The number of hydrogen-bond donors (Lipinski definition) is 11. The quantitative estimate of drug-likeness (QED) is 0.0224. The third-order valence-corrected chi connectivity index (χ3v) is 13.7. The van der Waals surface area contributed by atoms with Gasteiger partial charge in [0.25, 0.3) is 5.91 Å². The lowest BCUT2D eigenvalue weighted by Crippen LogP contribution is -2.53. The summed E-state index contributed by atoms with van der Waals surface area (Å²) in [6.45, 7) is 9.83. The third kappa shape index (κ3) is 12.0. The van der Waals surface area contributed by atoms with Crippen LogP contribution in [0, 0.1) is 40.4 Å². The molecule has 14 atom stereocenters. The minimum atomic E-state index is -1.08. The number of Topliss-reactive ketones (excluding diaryl/α,β-unsaturated/α-hetero) is 1. The van der Waals surface area contributed by atoms with Gasteiger partial charge >= 0.3 is 0 Å². The molecule has 4 rings (SSSR count). The van der Waals surface area contributed by atoms with Crippen molar-refractivity contribution in [3.8, 4) is 0 Å². The van der Waals surface area contributed by atoms with Crippen LogP contribution < -0.4 is 11.1 Å². The number of allylic oxidation sites excluding steroid dienone is 2. The van der Waals surface area contributed by atoms with Gasteiger partial charge in [-0.2, -0.15) is 0 Å². The minimum absolute atomic E-state index is 0.0272. The van der Waals surface area contributed by atoms with Crippen LogP contribution in [0.1, 0.15) is 98.8 Å². The molecule has 60 heavy (non-hydrogen) atoms. The number of ketones is 1. The second kappa shape index (κ2) is 21.9. The number of rotatable bonds is 19. The monoisotopic (exact) mass is 841 g/mol. The first-order valence-electron chi connectivity index (χ1n) is 21.8. The van der Waals surface area contributed by atoms with Crippen molar-refractivity contribution in [2.24, 2.45) is 40.7 Å². The van der Waals surface area contributed by atoms with Crippen LogP contribution in [-0.2, 0) is 9.59 Å². The Morgan fingerprint density at radius 3 is 2.35 bits per heavy atom. The summed E-state index contributed by atoms with van der Waals surface area (Å²) in [5.74, 6) is -3.01. The second-order valence-corrected chi connectivity index (χ2v) is 18.0. The zero-order valence-corrected chi connectivity index (χ0v) is 36.0. The number of aliphatic hydroxyl groups is 8. The van der Waals surface area contributed by atoms with Crippen LogP contribution in [0.5, 0.6) is 0 Å². The van der Waals surface area contributed by atoms with Crippen LogP contribution >= 0.6 is 0 Å². The largest absolute Gasteiger partial charge is 0.511 e. The highest BCUT2D eigenvalue weighted by Gasteiger charge is 2.56. The molecule has 0 aromatic carbocycles. The van der Waals surface area contributed by atoms with E-state index in [4.69, 9.17) is 11.1 Å². The van der Waals surface area contributed by atoms with Crippen molar-refractivity contribution < 1.29 is 50.4 Å². The molecule has 0 aromatic heterocycles. The number of likely N-dealkylation sites (tertiary alicyclic amines) is 1. The Kier molecular flexibility index (Phi) is 17.9. The molecule has 14 heteroatoms. The first-order chi connectivity index (χ1) is 28.3. The summed E-state index contributed by atoms with van der Waals surface area (Å²) in [6, 6.07) is 0.0535. The number of carbonyl (C=O) groups is 2. The van der Waals surface area contributed by atoms with Crippen LogP contribution in [0.2, 0.25) is 0 Å². The van der Waals surface area contributed by atoms with Gasteiger partial charge in [-0.05, 0) is 101 Å². The van der Waals surface area contributed by atoms with Gasteiger partial charge < -0.3 is 56.8 Å². The summed E-state index contributed by atoms with van der Waals surface area (Å²) in [5, 5.41) is 96.8. The molecule has 0 spiro atoms. The minimum Gasteiger partial charge on any atom is -0.511 e. The Balaban J connectivity index is 1.26. The van der Waals surface area contributed by atoms with Gasteiger partial charge in [-0.15, -0.1) is 0 Å². The van der Waals surface area contributed by atoms with E-state index in [9.17, 15) is 50.4 Å². The molecule has 1 amide bonds. The van der Waals surface area contributed by atoms with Gasteiger partial charge in [-0.3, -0.25) is 15.0 Å². The predicted molar refractivity (Wildman–Crippen MR) is 230 cm³/mol. The smallest absolute Gasteiger partial charge is 0.258 e. The summed E-state index contributed by atoms with van der Waals surface area (Å²) in [7, 11) is 0. The molecule has 2 saturated heterocycles. The van der Waals surface area contributed by atoms with E-state index in [2.05, 4.69) is 5.32 Å². The molecular formula is C46H72N4O10. The molecule has 0 bridgehead atoms. The highest BCUT2D eigenvalue weighted by Crippen LogP contribution is 2.58. The van der Waals surface area contributed by atoms with E-state index in [0.717, 1.165) is 25.0 Å². The number of guanidine groups is 1. The van der Waals surface area contributed by atoms with Gasteiger partial charge in [0.15, 0.2) is 11.7 Å². The maximum Gasteiger partial charge on any atom is 0.258 e. The van der Waals surface area contributed by atoms with Crippen molar-refractivity contribution in [3.63, 3.8) is 0 Å². The third-order valence-electron chi connectivity index (χ3n) is 13.7. The molecule has 3 fully saturated rings. The summed E-state index contributed by atoms with van der Waals surface area (Å²) in [5.41, 5.74) is 5.87. The van der Waals surface area contributed by atoms with Crippen LogP contribution in [-0.4, -0.2) is 125 Å². The Labute approximate surface area is 355 Å². The topological polar surface area (TPSA) is 261 Å². The molecule has 14 nitrogen and oxygen atoms in total. The average molecular weight is 841 g/mol. The maximum absolute atomic E-state index is 12.8. The van der Waals surface area contributed by atoms with E-state index in [0.29, 0.717) is 44.1 Å². The summed E-state index contributed by atoms with van der Waals surface area (Å²) in [4.78, 5) is 27.3. The van der Waals surface area contributed by atoms with Gasteiger partial charge in [-0.25, -0.2) is 0 Å². The van der Waals surface area contributed by atoms with Crippen LogP contribution in [0.25, 0.3) is 0 Å². The van der Waals surface area contributed by atoms with Gasteiger partial charge in [0.2, 0.25) is 0 Å². The fourth-order valence-corrected chi connectivity index (χ4v) is 9.89. The number of hydrogen-bond acceptors (Lipinski definition) is 11. The highest BCUT2D eigenvalue weighted by molar-refractivity contribution is 6.25. The van der Waals surface area contributed by atoms with Gasteiger partial charge in [0.1, 0.15) is 11.3 Å². The average Bonchev–Trinajstić information content (AvgIpc) is 3.81. The van der Waals surface area contributed by atoms with Crippen LogP contribution in [0.3, 0.4) is 0 Å². The van der Waals surface area contributed by atoms with Gasteiger partial charge in [0.05, 0.1) is 49.3 Å². The second-order valence-electron chi connectivity index (χ2n) is 18.0. The van der Waals surface area contributed by atoms with Crippen molar-refractivity contribution in [1.82, 2.24) is 10.2 Å². The van der Waals surface area contributed by atoms with E-state index in [-0.39, 0.29) is 66.4 Å². The molecule has 0 aromatic rings. The molecule has 0 radical (unpaired) electrons. The molecule has 4 aliphatic rings. The summed E-state index contributed by atoms with van der Waals surface area (Å²) < 4.78 is 0. The van der Waals surface area contributed by atoms with Crippen LogP contribution in [0.15, 0.2) is 71.1 Å². The SMILES string of the molecule is CC1=CC2C(O)C(O)CCC2C(C)(/C(O)=C2\C(=O)CNC2=O)C1CCC(C)C(O)/C(C)=C/CC(O)/C=C/C(C)C(O)/C=C/CC(O)/C=C/CC(O)CC1CCCN1C(=N)N. The fraction of sp³-hybridized carbons (Fsp3) is 0.674. The van der Waals surface area contributed by atoms with E-state index in [1.807, 2.05) is 38.7 Å². The van der Waals surface area contributed by atoms with Crippen LogP contribution in [0.4, 0.5) is 0 Å². The molecule has 2 aliphatic carbocycles. The Morgan fingerprint density at radius 2 is 1.68 bits per heavy atom. The zero-order valence-electron chi connectivity index (χ0n) is 36.0. The van der Waals surface area contributed by atoms with Gasteiger partial charge in [-0.1, -0.05) is 75.0 Å². The molecule has 336 valence electrons. The number of nitrogens with one attached hydrogen (secondary N) is 2. The predicted octanol–water partition coefficient (Wildman–Crippen LogP) is 3.22. The lowest BCUT2D eigenvalue weighted by atomic mass is 9.51. The summed E-state index contributed by atoms with van der Waals surface area (Å²) in [6.07, 6.45) is 12.9. The van der Waals surface area contributed by atoms with E-state index >= 15 is 0 Å². The number of nitrogens with zero attached hydrogens (tertiary/aromatic N) is 1. The normalized spacial score (nSPS) is 32.2. The van der Waals surface area contributed by atoms with Crippen molar-refractivity contribution in [2.45, 2.75) is 148 Å². The lowest BCUT2D eigenvalue weighted by Gasteiger charge is -2.54. The molecule has 2 aliphatic heterocycles. The van der Waals surface area contributed by atoms with Crippen molar-refractivity contribution in [3.05, 3.63) is 71.1 Å². The fourth-order valence-electron chi connectivity index (χ4n) is 9.89. The molecule has 1 saturated carbocycles. The van der Waals surface area contributed by atoms with E-state index in [1.165, 1.54) is 0 Å². The van der Waals surface area contributed by atoms with E-state index in [1.54, 1.807) is 49.5 Å².